The topological polar surface area (TPSA) is 58.6 Å². The van der Waals surface area contributed by atoms with Crippen molar-refractivity contribution in [3.8, 4) is 5.75 Å². The summed E-state index contributed by atoms with van der Waals surface area (Å²) in [6, 6.07) is 6.58. The monoisotopic (exact) mass is 328 g/mol. The first kappa shape index (κ1) is 16.7. The number of nitrogens with zero attached hydrogens (tertiary/aromatic N) is 1. The van der Waals surface area contributed by atoms with E-state index in [0.29, 0.717) is 11.4 Å². The van der Waals surface area contributed by atoms with Crippen LogP contribution in [0, 0.1) is 0 Å². The van der Waals surface area contributed by atoms with E-state index in [2.05, 4.69) is 11.4 Å². The van der Waals surface area contributed by atoms with Crippen molar-refractivity contribution < 1.29 is 14.3 Å². The van der Waals surface area contributed by atoms with Crippen LogP contribution >= 0.6 is 0 Å². The quantitative estimate of drug-likeness (QED) is 0.644. The predicted octanol–water partition coefficient (Wildman–Crippen LogP) is 2.81. The molecule has 24 heavy (non-hydrogen) atoms. The van der Waals surface area contributed by atoms with Gasteiger partial charge >= 0.3 is 0 Å². The molecule has 0 saturated carbocycles. The number of methoxy groups -OCH3 is 1. The van der Waals surface area contributed by atoms with Crippen LogP contribution in [0.5, 0.6) is 5.75 Å². The summed E-state index contributed by atoms with van der Waals surface area (Å²) in [6.07, 6.45) is 8.38. The summed E-state index contributed by atoms with van der Waals surface area (Å²) >= 11 is 0. The van der Waals surface area contributed by atoms with Gasteiger partial charge in [-0.2, -0.15) is 0 Å². The Morgan fingerprint density at radius 3 is 2.67 bits per heavy atom. The third kappa shape index (κ3) is 3.67. The molecular weight excluding hydrogens is 304 g/mol. The van der Waals surface area contributed by atoms with Crippen LogP contribution in [0.3, 0.4) is 0 Å². The van der Waals surface area contributed by atoms with Gasteiger partial charge < -0.3 is 10.1 Å². The first-order valence-corrected chi connectivity index (χ1v) is 8.61. The van der Waals surface area contributed by atoms with Crippen LogP contribution in [0.25, 0.3) is 0 Å². The number of allylic oxidation sites excluding steroid dienone is 1. The molecule has 1 aromatic carbocycles. The lowest BCUT2D eigenvalue weighted by molar-refractivity contribution is -0.121. The number of carbonyl (C=O) groups is 2. The molecule has 128 valence electrons. The second-order valence-electron chi connectivity index (χ2n) is 6.33. The van der Waals surface area contributed by atoms with E-state index in [1.807, 2.05) is 0 Å². The Kier molecular flexibility index (Phi) is 5.30. The number of hydrogen-bond acceptors (Lipinski definition) is 4. The van der Waals surface area contributed by atoms with Crippen LogP contribution in [-0.4, -0.2) is 31.5 Å². The predicted molar refractivity (Wildman–Crippen MR) is 93.1 cm³/mol. The summed E-state index contributed by atoms with van der Waals surface area (Å²) in [7, 11) is 1.59. The average Bonchev–Trinajstić information content (AvgIpc) is 2.90. The van der Waals surface area contributed by atoms with Crippen LogP contribution in [0.15, 0.2) is 35.9 Å². The van der Waals surface area contributed by atoms with E-state index < -0.39 is 6.04 Å². The Morgan fingerprint density at radius 2 is 2.00 bits per heavy atom. The summed E-state index contributed by atoms with van der Waals surface area (Å²) in [5, 5.41) is 3.25. The maximum atomic E-state index is 12.5. The average molecular weight is 328 g/mol. The van der Waals surface area contributed by atoms with E-state index in [1.165, 1.54) is 29.7 Å². The van der Waals surface area contributed by atoms with Crippen LogP contribution in [0.1, 0.15) is 38.5 Å². The van der Waals surface area contributed by atoms with Gasteiger partial charge in [0.2, 0.25) is 5.91 Å². The van der Waals surface area contributed by atoms with Crippen LogP contribution in [0.4, 0.5) is 5.69 Å². The zero-order chi connectivity index (χ0) is 16.9. The molecule has 1 aliphatic heterocycles. The molecule has 0 bridgehead atoms. The van der Waals surface area contributed by atoms with Gasteiger partial charge in [0.25, 0.3) is 5.91 Å². The lowest BCUT2D eigenvalue weighted by atomic mass is 9.97. The van der Waals surface area contributed by atoms with Gasteiger partial charge in [-0.1, -0.05) is 11.6 Å². The zero-order valence-corrected chi connectivity index (χ0v) is 14.1. The molecule has 0 unspecified atom stereocenters. The molecule has 1 N–H and O–H groups in total. The van der Waals surface area contributed by atoms with E-state index in [0.717, 1.165) is 19.4 Å². The lowest BCUT2D eigenvalue weighted by Gasteiger charge is -2.17. The molecule has 1 aliphatic carbocycles. The highest BCUT2D eigenvalue weighted by atomic mass is 16.5. The van der Waals surface area contributed by atoms with E-state index in [4.69, 9.17) is 4.74 Å². The number of rotatable bonds is 6. The smallest absolute Gasteiger partial charge is 0.251 e. The molecule has 2 amide bonds. The van der Waals surface area contributed by atoms with Crippen molar-refractivity contribution in [3.05, 3.63) is 35.9 Å². The molecule has 1 heterocycles. The number of benzene rings is 1. The van der Waals surface area contributed by atoms with E-state index in [-0.39, 0.29) is 18.2 Å². The molecule has 3 rings (SSSR count). The fourth-order valence-corrected chi connectivity index (χ4v) is 3.33. The van der Waals surface area contributed by atoms with E-state index >= 15 is 0 Å². The van der Waals surface area contributed by atoms with Gasteiger partial charge in [0.1, 0.15) is 5.75 Å². The van der Waals surface area contributed by atoms with Gasteiger partial charge in [0, 0.05) is 0 Å². The van der Waals surface area contributed by atoms with Gasteiger partial charge in [0.05, 0.1) is 25.3 Å². The molecule has 1 fully saturated rings. The standard InChI is InChI=1S/C19H24N2O3/c1-24-16-9-7-15(8-10-16)21-18(22)13-17(19(21)23)20-12-11-14-5-3-2-4-6-14/h5,7-10,17,20H,2-4,6,11-13H2,1H3/t17-/m0/s1. The second-order valence-corrected chi connectivity index (χ2v) is 6.33. The second kappa shape index (κ2) is 7.62. The Bertz CT molecular complexity index is 637. The maximum Gasteiger partial charge on any atom is 0.251 e. The minimum Gasteiger partial charge on any atom is -0.497 e. The van der Waals surface area contributed by atoms with Crippen molar-refractivity contribution in [1.29, 1.82) is 0 Å². The summed E-state index contributed by atoms with van der Waals surface area (Å²) < 4.78 is 5.11. The Labute approximate surface area is 142 Å². The lowest BCUT2D eigenvalue weighted by Crippen LogP contribution is -2.39. The molecule has 0 radical (unpaired) electrons. The number of imide groups is 1. The third-order valence-electron chi connectivity index (χ3n) is 4.70. The van der Waals surface area contributed by atoms with Crippen molar-refractivity contribution >= 4 is 17.5 Å². The minimum atomic E-state index is -0.413. The molecule has 1 atom stereocenters. The molecule has 0 aromatic heterocycles. The maximum absolute atomic E-state index is 12.5. The van der Waals surface area contributed by atoms with Crippen LogP contribution in [-0.2, 0) is 9.59 Å². The van der Waals surface area contributed by atoms with Crippen molar-refractivity contribution in [2.75, 3.05) is 18.6 Å². The summed E-state index contributed by atoms with van der Waals surface area (Å²) in [6.45, 7) is 0.742. The van der Waals surface area contributed by atoms with Gasteiger partial charge in [-0.25, -0.2) is 4.90 Å². The number of carbonyl (C=O) groups excluding carboxylic acids is 2. The van der Waals surface area contributed by atoms with Crippen molar-refractivity contribution in [2.24, 2.45) is 0 Å². The number of hydrogen-bond donors (Lipinski definition) is 1. The van der Waals surface area contributed by atoms with Crippen molar-refractivity contribution in [1.82, 2.24) is 5.32 Å². The highest BCUT2D eigenvalue weighted by Crippen LogP contribution is 2.25. The largest absolute Gasteiger partial charge is 0.497 e. The van der Waals surface area contributed by atoms with Gasteiger partial charge in [-0.3, -0.25) is 9.59 Å². The zero-order valence-electron chi connectivity index (χ0n) is 14.1. The van der Waals surface area contributed by atoms with Crippen molar-refractivity contribution in [3.63, 3.8) is 0 Å². The molecule has 2 aliphatic rings. The normalized spacial score (nSPS) is 21.1. The number of anilines is 1. The fraction of sp³-hybridized carbons (Fsp3) is 0.474. The molecule has 1 aromatic rings. The minimum absolute atomic E-state index is 0.153. The van der Waals surface area contributed by atoms with Gasteiger partial charge in [0.15, 0.2) is 0 Å². The van der Waals surface area contributed by atoms with Crippen LogP contribution < -0.4 is 15.0 Å². The SMILES string of the molecule is COc1ccc(N2C(=O)C[C@H](NCCC3=CCCCC3)C2=O)cc1. The number of amides is 2. The third-order valence-corrected chi connectivity index (χ3v) is 4.70. The molecule has 0 spiro atoms. The summed E-state index contributed by atoms with van der Waals surface area (Å²) in [5.41, 5.74) is 2.07. The van der Waals surface area contributed by atoms with Gasteiger partial charge in [-0.05, 0) is 62.9 Å². The van der Waals surface area contributed by atoms with E-state index in [9.17, 15) is 9.59 Å². The summed E-state index contributed by atoms with van der Waals surface area (Å²) in [4.78, 5) is 26.1. The molecular formula is C19H24N2O3. The Hall–Kier alpha value is -2.14. The van der Waals surface area contributed by atoms with Crippen LogP contribution in [0.2, 0.25) is 0 Å². The van der Waals surface area contributed by atoms with Gasteiger partial charge in [-0.15, -0.1) is 0 Å². The first-order chi connectivity index (χ1) is 11.7. The van der Waals surface area contributed by atoms with Crippen molar-refractivity contribution in [2.45, 2.75) is 44.6 Å². The highest BCUT2D eigenvalue weighted by Gasteiger charge is 2.39. The number of ether oxygens (including phenoxy) is 1. The number of nitrogens with one attached hydrogen (secondary N) is 1. The summed E-state index contributed by atoms with van der Waals surface area (Å²) in [5.74, 6) is 0.385. The Balaban J connectivity index is 1.57. The fourth-order valence-electron chi connectivity index (χ4n) is 3.33. The first-order valence-electron chi connectivity index (χ1n) is 8.61. The molecule has 1 saturated heterocycles. The van der Waals surface area contributed by atoms with E-state index in [1.54, 1.807) is 31.4 Å². The highest BCUT2D eigenvalue weighted by molar-refractivity contribution is 6.22. The molecule has 5 heteroatoms. The Morgan fingerprint density at radius 1 is 1.21 bits per heavy atom. The molecule has 5 nitrogen and oxygen atoms in total.